The van der Waals surface area contributed by atoms with Gasteiger partial charge in [-0.05, 0) is 48.6 Å². The molecule has 1 aromatic carbocycles. The molecule has 114 valence electrons. The highest BCUT2D eigenvalue weighted by atomic mass is 35.5. The molecular weight excluding hydrogens is 339 g/mol. The molecule has 1 aliphatic carbocycles. The Hall–Kier alpha value is -1.23. The zero-order valence-electron chi connectivity index (χ0n) is 11.7. The van der Waals surface area contributed by atoms with E-state index < -0.39 is 0 Å². The summed E-state index contributed by atoms with van der Waals surface area (Å²) in [4.78, 5) is 17.1. The molecule has 1 heterocycles. The second-order valence-electron chi connectivity index (χ2n) is 5.10. The Morgan fingerprint density at radius 1 is 1.23 bits per heavy atom. The Kier molecular flexibility index (Phi) is 4.91. The van der Waals surface area contributed by atoms with Gasteiger partial charge in [0.1, 0.15) is 0 Å². The molecule has 1 N–H and O–H groups in total. The van der Waals surface area contributed by atoms with E-state index in [1.165, 1.54) is 41.9 Å². The zero-order valence-corrected chi connectivity index (χ0v) is 14.1. The molecular formula is C16H14Cl2N2OS. The first-order valence-electron chi connectivity index (χ1n) is 6.97. The molecule has 0 bridgehead atoms. The third kappa shape index (κ3) is 3.75. The molecule has 6 heteroatoms. The number of thioether (sulfide) groups is 1. The summed E-state index contributed by atoms with van der Waals surface area (Å²) in [6, 6.07) is 7.99. The number of hydrogen-bond donors (Lipinski definition) is 1. The van der Waals surface area contributed by atoms with Gasteiger partial charge in [0.05, 0.1) is 15.8 Å². The van der Waals surface area contributed by atoms with Crippen LogP contribution in [0.1, 0.15) is 17.5 Å². The van der Waals surface area contributed by atoms with E-state index in [1.807, 2.05) is 0 Å². The van der Waals surface area contributed by atoms with Gasteiger partial charge in [-0.25, -0.2) is 4.98 Å². The number of nitrogens with zero attached hydrogens (tertiary/aromatic N) is 1. The summed E-state index contributed by atoms with van der Waals surface area (Å²) in [6.07, 6.45) is 4.99. The second kappa shape index (κ2) is 6.90. The summed E-state index contributed by atoms with van der Waals surface area (Å²) in [5.74, 6) is 0.521. The number of aromatic nitrogens is 1. The van der Waals surface area contributed by atoms with E-state index in [-0.39, 0.29) is 5.91 Å². The lowest BCUT2D eigenvalue weighted by Crippen LogP contribution is -2.15. The number of carbonyl (C=O) groups is 1. The molecule has 1 aromatic heterocycles. The van der Waals surface area contributed by atoms with Crippen LogP contribution in [0.25, 0.3) is 0 Å². The highest BCUT2D eigenvalue weighted by Crippen LogP contribution is 2.28. The molecule has 2 aromatic rings. The Morgan fingerprint density at radius 2 is 2.05 bits per heavy atom. The maximum absolute atomic E-state index is 12.0. The highest BCUT2D eigenvalue weighted by Gasteiger charge is 2.12. The molecule has 1 aliphatic rings. The lowest BCUT2D eigenvalue weighted by molar-refractivity contribution is -0.113. The van der Waals surface area contributed by atoms with Crippen LogP contribution in [0.4, 0.5) is 5.82 Å². The van der Waals surface area contributed by atoms with Crippen molar-refractivity contribution in [3.63, 3.8) is 0 Å². The number of fused-ring (bicyclic) bond motifs is 1. The molecule has 0 unspecified atom stereocenters. The number of aryl methyl sites for hydroxylation is 2. The van der Waals surface area contributed by atoms with Crippen LogP contribution in [0.15, 0.2) is 35.4 Å². The molecule has 0 aliphatic heterocycles. The summed E-state index contributed by atoms with van der Waals surface area (Å²) in [5, 5.41) is 3.48. The first-order chi connectivity index (χ1) is 10.6. The van der Waals surface area contributed by atoms with E-state index in [9.17, 15) is 4.79 Å². The maximum Gasteiger partial charge on any atom is 0.235 e. The van der Waals surface area contributed by atoms with Gasteiger partial charge in [0.2, 0.25) is 5.91 Å². The third-order valence-corrected chi connectivity index (χ3v) is 4.99. The van der Waals surface area contributed by atoms with Crippen LogP contribution in [0.3, 0.4) is 0 Å². The smallest absolute Gasteiger partial charge is 0.235 e. The summed E-state index contributed by atoms with van der Waals surface area (Å²) < 4.78 is 0. The average Bonchev–Trinajstić information content (AvgIpc) is 2.95. The quantitative estimate of drug-likeness (QED) is 0.817. The molecule has 0 radical (unpaired) electrons. The van der Waals surface area contributed by atoms with Crippen LogP contribution in [0, 0.1) is 0 Å². The van der Waals surface area contributed by atoms with Gasteiger partial charge in [0.15, 0.2) is 5.82 Å². The highest BCUT2D eigenvalue weighted by molar-refractivity contribution is 8.00. The van der Waals surface area contributed by atoms with E-state index in [0.29, 0.717) is 21.6 Å². The Balaban J connectivity index is 1.58. The van der Waals surface area contributed by atoms with Gasteiger partial charge < -0.3 is 5.32 Å². The van der Waals surface area contributed by atoms with Gasteiger partial charge in [-0.2, -0.15) is 0 Å². The molecule has 0 saturated heterocycles. The first-order valence-corrected chi connectivity index (χ1v) is 8.71. The number of halogens is 2. The number of anilines is 1. The lowest BCUT2D eigenvalue weighted by Gasteiger charge is -2.07. The van der Waals surface area contributed by atoms with Crippen LogP contribution in [-0.4, -0.2) is 16.6 Å². The van der Waals surface area contributed by atoms with Gasteiger partial charge in [-0.1, -0.05) is 29.3 Å². The Bertz CT molecular complexity index is 721. The van der Waals surface area contributed by atoms with Crippen molar-refractivity contribution in [3.8, 4) is 0 Å². The molecule has 0 atom stereocenters. The van der Waals surface area contributed by atoms with E-state index in [2.05, 4.69) is 28.5 Å². The largest absolute Gasteiger partial charge is 0.309 e. The standard InChI is InChI=1S/C16H14Cl2N2OS/c17-12-7-14(18)16(19-8-12)20-15(21)9-22-13-5-4-10-2-1-3-11(10)6-13/h4-8H,1-3,9H2,(H,19,20,21). The summed E-state index contributed by atoms with van der Waals surface area (Å²) in [5.41, 5.74) is 2.85. The minimum atomic E-state index is -0.137. The molecule has 3 rings (SSSR count). The van der Waals surface area contributed by atoms with E-state index in [1.54, 1.807) is 6.07 Å². The fourth-order valence-electron chi connectivity index (χ4n) is 2.46. The van der Waals surface area contributed by atoms with Crippen LogP contribution in [-0.2, 0) is 17.6 Å². The molecule has 3 nitrogen and oxygen atoms in total. The minimum Gasteiger partial charge on any atom is -0.309 e. The summed E-state index contributed by atoms with van der Waals surface area (Å²) in [6.45, 7) is 0. The van der Waals surface area contributed by atoms with Crippen molar-refractivity contribution >= 4 is 46.7 Å². The van der Waals surface area contributed by atoms with Crippen molar-refractivity contribution in [2.24, 2.45) is 0 Å². The molecule has 0 fully saturated rings. The summed E-state index contributed by atoms with van der Waals surface area (Å²) in [7, 11) is 0. The van der Waals surface area contributed by atoms with Crippen LogP contribution >= 0.6 is 35.0 Å². The normalized spacial score (nSPS) is 13.0. The Labute approximate surface area is 143 Å². The predicted molar refractivity (Wildman–Crippen MR) is 92.1 cm³/mol. The van der Waals surface area contributed by atoms with Gasteiger partial charge in [-0.3, -0.25) is 4.79 Å². The second-order valence-corrected chi connectivity index (χ2v) is 7.00. The van der Waals surface area contributed by atoms with Crippen molar-refractivity contribution in [1.82, 2.24) is 4.98 Å². The third-order valence-electron chi connectivity index (χ3n) is 3.51. The fraction of sp³-hybridized carbons (Fsp3) is 0.250. The lowest BCUT2D eigenvalue weighted by atomic mass is 10.1. The molecule has 1 amide bonds. The van der Waals surface area contributed by atoms with Gasteiger partial charge in [-0.15, -0.1) is 11.8 Å². The van der Waals surface area contributed by atoms with Crippen molar-refractivity contribution < 1.29 is 4.79 Å². The van der Waals surface area contributed by atoms with E-state index >= 15 is 0 Å². The van der Waals surface area contributed by atoms with Crippen molar-refractivity contribution in [2.45, 2.75) is 24.2 Å². The van der Waals surface area contributed by atoms with Crippen molar-refractivity contribution in [3.05, 3.63) is 51.6 Å². The Morgan fingerprint density at radius 3 is 2.86 bits per heavy atom. The number of rotatable bonds is 4. The van der Waals surface area contributed by atoms with Crippen LogP contribution in [0.2, 0.25) is 10.0 Å². The van der Waals surface area contributed by atoms with Crippen LogP contribution in [0.5, 0.6) is 0 Å². The SMILES string of the molecule is O=C(CSc1ccc2c(c1)CCC2)Nc1ncc(Cl)cc1Cl. The number of amides is 1. The number of hydrogen-bond acceptors (Lipinski definition) is 3. The number of nitrogens with one attached hydrogen (secondary N) is 1. The minimum absolute atomic E-state index is 0.137. The zero-order chi connectivity index (χ0) is 15.5. The predicted octanol–water partition coefficient (Wildman–Crippen LogP) is 4.61. The summed E-state index contributed by atoms with van der Waals surface area (Å²) >= 11 is 13.3. The van der Waals surface area contributed by atoms with Crippen molar-refractivity contribution in [1.29, 1.82) is 0 Å². The number of benzene rings is 1. The van der Waals surface area contributed by atoms with Crippen molar-refractivity contribution in [2.75, 3.05) is 11.1 Å². The molecule has 22 heavy (non-hydrogen) atoms. The van der Waals surface area contributed by atoms with E-state index in [4.69, 9.17) is 23.2 Å². The maximum atomic E-state index is 12.0. The molecule has 0 spiro atoms. The van der Waals surface area contributed by atoms with Gasteiger partial charge >= 0.3 is 0 Å². The van der Waals surface area contributed by atoms with Gasteiger partial charge in [0, 0.05) is 11.1 Å². The number of pyridine rings is 1. The number of carbonyl (C=O) groups excluding carboxylic acids is 1. The monoisotopic (exact) mass is 352 g/mol. The van der Waals surface area contributed by atoms with Crippen LogP contribution < -0.4 is 5.32 Å². The first kappa shape index (κ1) is 15.7. The van der Waals surface area contributed by atoms with Gasteiger partial charge in [0.25, 0.3) is 0 Å². The van der Waals surface area contributed by atoms with E-state index in [0.717, 1.165) is 11.3 Å². The average molecular weight is 353 g/mol. The topological polar surface area (TPSA) is 42.0 Å². The molecule has 0 saturated carbocycles. The fourth-order valence-corrected chi connectivity index (χ4v) is 3.65.